The number of imide groups is 1. The molecule has 0 bridgehead atoms. The van der Waals surface area contributed by atoms with Crippen molar-refractivity contribution < 1.29 is 19.1 Å². The fourth-order valence-electron chi connectivity index (χ4n) is 3.10. The molecule has 7 nitrogen and oxygen atoms in total. The van der Waals surface area contributed by atoms with Gasteiger partial charge in [0.2, 0.25) is 5.91 Å². The number of hydrogen-bond donors (Lipinski definition) is 1. The molecule has 1 aliphatic heterocycles. The lowest BCUT2D eigenvalue weighted by molar-refractivity contribution is -0.139. The quantitative estimate of drug-likeness (QED) is 0.719. The highest BCUT2D eigenvalue weighted by atomic mass is 16.5. The number of urea groups is 1. The van der Waals surface area contributed by atoms with Crippen LogP contribution in [0.4, 0.5) is 4.79 Å². The van der Waals surface area contributed by atoms with Crippen molar-refractivity contribution >= 4 is 17.8 Å². The van der Waals surface area contributed by atoms with Crippen LogP contribution >= 0.6 is 0 Å². The van der Waals surface area contributed by atoms with Gasteiger partial charge in [-0.05, 0) is 37.5 Å². The first-order valence-electron chi connectivity index (χ1n) is 8.93. The van der Waals surface area contributed by atoms with Gasteiger partial charge in [0.15, 0.2) is 0 Å². The molecule has 26 heavy (non-hydrogen) atoms. The summed E-state index contributed by atoms with van der Waals surface area (Å²) in [4.78, 5) is 40.5. The third-order valence-electron chi connectivity index (χ3n) is 4.58. The number of nitrogens with zero attached hydrogens (tertiary/aromatic N) is 2. The lowest BCUT2D eigenvalue weighted by atomic mass is 9.92. The number of carbonyl (C=O) groups is 3. The molecule has 1 aromatic rings. The molecule has 0 unspecified atom stereocenters. The van der Waals surface area contributed by atoms with Crippen molar-refractivity contribution in [2.75, 3.05) is 26.7 Å². The second kappa shape index (κ2) is 8.21. The fourth-order valence-corrected chi connectivity index (χ4v) is 3.10. The summed E-state index contributed by atoms with van der Waals surface area (Å²) in [7, 11) is 1.56. The Balaban J connectivity index is 2.17. The summed E-state index contributed by atoms with van der Waals surface area (Å²) in [5.41, 5.74) is -0.546. The molecule has 1 heterocycles. The van der Waals surface area contributed by atoms with Crippen LogP contribution in [0.1, 0.15) is 39.2 Å². The number of benzene rings is 1. The van der Waals surface area contributed by atoms with E-state index in [1.54, 1.807) is 43.2 Å². The molecule has 0 aromatic heterocycles. The van der Waals surface area contributed by atoms with E-state index >= 15 is 0 Å². The standard InChI is InChI=1S/C19H27N3O4/c1-5-11-21(12-6-2)16(23)13-22-17(24)19(3,20-18(22)25)14-7-9-15(26-4)10-8-14/h7-10H,5-6,11-13H2,1-4H3,(H,20,25)/t19-/m1/s1. The van der Waals surface area contributed by atoms with E-state index in [0.29, 0.717) is 24.4 Å². The Morgan fingerprint density at radius 2 is 1.73 bits per heavy atom. The van der Waals surface area contributed by atoms with E-state index in [9.17, 15) is 14.4 Å². The second-order valence-corrected chi connectivity index (χ2v) is 6.56. The van der Waals surface area contributed by atoms with Crippen LogP contribution in [0, 0.1) is 0 Å². The number of carbonyl (C=O) groups excluding carboxylic acids is 3. The Hall–Kier alpha value is -2.57. The zero-order chi connectivity index (χ0) is 19.3. The highest BCUT2D eigenvalue weighted by Gasteiger charge is 2.49. The van der Waals surface area contributed by atoms with E-state index in [4.69, 9.17) is 4.74 Å². The van der Waals surface area contributed by atoms with Crippen molar-refractivity contribution in [2.45, 2.75) is 39.2 Å². The number of methoxy groups -OCH3 is 1. The number of nitrogens with one attached hydrogen (secondary N) is 1. The van der Waals surface area contributed by atoms with Crippen molar-refractivity contribution in [3.8, 4) is 5.75 Å². The van der Waals surface area contributed by atoms with Gasteiger partial charge in [-0.25, -0.2) is 4.79 Å². The molecule has 0 radical (unpaired) electrons. The van der Waals surface area contributed by atoms with E-state index in [0.717, 1.165) is 17.7 Å². The van der Waals surface area contributed by atoms with Crippen LogP contribution in [0.2, 0.25) is 0 Å². The third-order valence-corrected chi connectivity index (χ3v) is 4.58. The highest BCUT2D eigenvalue weighted by molar-refractivity contribution is 6.09. The molecule has 0 spiro atoms. The van der Waals surface area contributed by atoms with E-state index in [1.807, 2.05) is 13.8 Å². The Morgan fingerprint density at radius 3 is 2.23 bits per heavy atom. The summed E-state index contributed by atoms with van der Waals surface area (Å²) in [6.07, 6.45) is 1.66. The van der Waals surface area contributed by atoms with E-state index in [2.05, 4.69) is 5.32 Å². The summed E-state index contributed by atoms with van der Waals surface area (Å²) in [5, 5.41) is 2.72. The van der Waals surface area contributed by atoms with Gasteiger partial charge in [0.1, 0.15) is 17.8 Å². The average molecular weight is 361 g/mol. The maximum Gasteiger partial charge on any atom is 0.325 e. The van der Waals surface area contributed by atoms with Crippen LogP contribution in [0.15, 0.2) is 24.3 Å². The van der Waals surface area contributed by atoms with Gasteiger partial charge in [0, 0.05) is 13.1 Å². The van der Waals surface area contributed by atoms with Crippen LogP contribution in [0.5, 0.6) is 5.75 Å². The van der Waals surface area contributed by atoms with Crippen LogP contribution < -0.4 is 10.1 Å². The third kappa shape index (κ3) is 3.81. The maximum absolute atomic E-state index is 12.9. The first kappa shape index (κ1) is 19.8. The van der Waals surface area contributed by atoms with Gasteiger partial charge in [0.25, 0.3) is 5.91 Å². The smallest absolute Gasteiger partial charge is 0.325 e. The van der Waals surface area contributed by atoms with Crippen LogP contribution in [-0.4, -0.2) is 54.4 Å². The lowest BCUT2D eigenvalue weighted by Gasteiger charge is -2.25. The van der Waals surface area contributed by atoms with E-state index < -0.39 is 17.5 Å². The van der Waals surface area contributed by atoms with Crippen molar-refractivity contribution in [1.29, 1.82) is 0 Å². The normalized spacial score (nSPS) is 19.5. The Kier molecular flexibility index (Phi) is 6.23. The zero-order valence-corrected chi connectivity index (χ0v) is 15.9. The predicted octanol–water partition coefficient (Wildman–Crippen LogP) is 2.11. The SMILES string of the molecule is CCCN(CCC)C(=O)CN1C(=O)N[C@](C)(c2ccc(OC)cc2)C1=O. The van der Waals surface area contributed by atoms with Crippen LogP contribution in [0.3, 0.4) is 0 Å². The van der Waals surface area contributed by atoms with Crippen molar-refractivity contribution in [3.05, 3.63) is 29.8 Å². The molecule has 1 fully saturated rings. The average Bonchev–Trinajstić information content (AvgIpc) is 2.85. The number of rotatable bonds is 8. The Morgan fingerprint density at radius 1 is 1.15 bits per heavy atom. The molecule has 4 amide bonds. The molecule has 1 aliphatic rings. The number of amides is 4. The first-order chi connectivity index (χ1) is 12.4. The van der Waals surface area contributed by atoms with Gasteiger partial charge in [-0.15, -0.1) is 0 Å². The second-order valence-electron chi connectivity index (χ2n) is 6.56. The van der Waals surface area contributed by atoms with E-state index in [-0.39, 0.29) is 12.5 Å². The molecule has 7 heteroatoms. The number of ether oxygens (including phenoxy) is 1. The lowest BCUT2D eigenvalue weighted by Crippen LogP contribution is -2.45. The molecular formula is C19H27N3O4. The summed E-state index contributed by atoms with van der Waals surface area (Å²) < 4.78 is 5.13. The van der Waals surface area contributed by atoms with Gasteiger partial charge in [-0.3, -0.25) is 14.5 Å². The molecule has 1 atom stereocenters. The van der Waals surface area contributed by atoms with Gasteiger partial charge >= 0.3 is 6.03 Å². The summed E-state index contributed by atoms with van der Waals surface area (Å²) in [5.74, 6) is 0.0288. The summed E-state index contributed by atoms with van der Waals surface area (Å²) in [6.45, 7) is 6.62. The topological polar surface area (TPSA) is 79.0 Å². The van der Waals surface area contributed by atoms with Crippen molar-refractivity contribution in [1.82, 2.24) is 15.1 Å². The predicted molar refractivity (Wildman–Crippen MR) is 97.8 cm³/mol. The van der Waals surface area contributed by atoms with Crippen LogP contribution in [0.25, 0.3) is 0 Å². The van der Waals surface area contributed by atoms with Crippen molar-refractivity contribution in [3.63, 3.8) is 0 Å². The molecule has 142 valence electrons. The fraction of sp³-hybridized carbons (Fsp3) is 0.526. The van der Waals surface area contributed by atoms with Gasteiger partial charge in [-0.2, -0.15) is 0 Å². The Bertz CT molecular complexity index is 668. The summed E-state index contributed by atoms with van der Waals surface area (Å²) in [6, 6.07) is 6.40. The molecule has 0 aliphatic carbocycles. The minimum Gasteiger partial charge on any atom is -0.497 e. The Labute approximate surface area is 154 Å². The molecule has 1 aromatic carbocycles. The molecule has 0 saturated carbocycles. The zero-order valence-electron chi connectivity index (χ0n) is 15.9. The molecule has 2 rings (SSSR count). The highest BCUT2D eigenvalue weighted by Crippen LogP contribution is 2.30. The first-order valence-corrected chi connectivity index (χ1v) is 8.93. The minimum atomic E-state index is -1.19. The monoisotopic (exact) mass is 361 g/mol. The molecule has 1 saturated heterocycles. The van der Waals surface area contributed by atoms with E-state index in [1.165, 1.54) is 0 Å². The molecule has 1 N–H and O–H groups in total. The van der Waals surface area contributed by atoms with Gasteiger partial charge in [-0.1, -0.05) is 26.0 Å². The minimum absolute atomic E-state index is 0.212. The van der Waals surface area contributed by atoms with Gasteiger partial charge in [0.05, 0.1) is 7.11 Å². The van der Waals surface area contributed by atoms with Gasteiger partial charge < -0.3 is 15.0 Å². The van der Waals surface area contributed by atoms with Crippen LogP contribution in [-0.2, 0) is 15.1 Å². The summed E-state index contributed by atoms with van der Waals surface area (Å²) >= 11 is 0. The number of hydrogen-bond acceptors (Lipinski definition) is 4. The maximum atomic E-state index is 12.9. The van der Waals surface area contributed by atoms with Crippen molar-refractivity contribution in [2.24, 2.45) is 0 Å². The largest absolute Gasteiger partial charge is 0.497 e. The molecular weight excluding hydrogens is 334 g/mol.